The summed E-state index contributed by atoms with van der Waals surface area (Å²) in [7, 11) is 0. The number of rotatable bonds is 3. The van der Waals surface area contributed by atoms with Gasteiger partial charge >= 0.3 is 5.97 Å². The van der Waals surface area contributed by atoms with Gasteiger partial charge in [0.15, 0.2) is 0 Å². The molecule has 2 aromatic heterocycles. The number of aromatic amines is 2. The van der Waals surface area contributed by atoms with Crippen molar-refractivity contribution in [3.05, 3.63) is 70.8 Å². The molecular formula is C22H18F2N4O3. The van der Waals surface area contributed by atoms with Crippen LogP contribution in [0.3, 0.4) is 0 Å². The molecule has 3 N–H and O–H groups in total. The van der Waals surface area contributed by atoms with Gasteiger partial charge in [0, 0.05) is 11.8 Å². The Bertz CT molecular complexity index is 1290. The number of imidazole rings is 1. The molecule has 0 saturated heterocycles. The number of carboxylic acids is 1. The molecule has 0 atom stereocenters. The summed E-state index contributed by atoms with van der Waals surface area (Å²) >= 11 is 0. The Morgan fingerprint density at radius 3 is 2.52 bits per heavy atom. The minimum absolute atomic E-state index is 0.000000000000000444. The molecule has 0 radical (unpaired) electrons. The second kappa shape index (κ2) is 8.47. The standard InChI is InChI=1S/C17H10F2N4O.C5H8O2/c18-10-2-4-13-14(6-10)23-17(22-13)11-3-1-9(5-12(11)19)15-7-21-16(24)8-20-15;6-5(7)4-2-1-3-4/h1-8H,(H,21,24)(H,22,23);4H,1-3H2,(H,6,7). The molecule has 1 saturated carbocycles. The summed E-state index contributed by atoms with van der Waals surface area (Å²) in [6.07, 6.45) is 5.46. The summed E-state index contributed by atoms with van der Waals surface area (Å²) < 4.78 is 27.7. The number of halogens is 2. The lowest BCUT2D eigenvalue weighted by molar-refractivity contribution is -0.144. The smallest absolute Gasteiger partial charge is 0.306 e. The Hall–Kier alpha value is -3.88. The Balaban J connectivity index is 0.000000282. The van der Waals surface area contributed by atoms with E-state index in [2.05, 4.69) is 19.9 Å². The summed E-state index contributed by atoms with van der Waals surface area (Å²) in [5.74, 6) is -1.20. The van der Waals surface area contributed by atoms with Crippen molar-refractivity contribution in [3.8, 4) is 22.6 Å². The number of hydrogen-bond donors (Lipinski definition) is 3. The third-order valence-corrected chi connectivity index (χ3v) is 5.09. The molecule has 0 amide bonds. The van der Waals surface area contributed by atoms with Gasteiger partial charge in [0.2, 0.25) is 0 Å². The molecule has 158 valence electrons. The topological polar surface area (TPSA) is 112 Å². The van der Waals surface area contributed by atoms with Gasteiger partial charge < -0.3 is 15.1 Å². The number of aromatic nitrogens is 4. The maximum atomic E-state index is 14.5. The van der Waals surface area contributed by atoms with E-state index < -0.39 is 17.6 Å². The minimum atomic E-state index is -0.619. The highest BCUT2D eigenvalue weighted by Crippen LogP contribution is 2.27. The molecule has 1 aliphatic carbocycles. The molecule has 1 fully saturated rings. The lowest BCUT2D eigenvalue weighted by Gasteiger charge is -2.19. The first-order valence-electron chi connectivity index (χ1n) is 9.64. The van der Waals surface area contributed by atoms with Gasteiger partial charge in [-0.15, -0.1) is 0 Å². The first-order chi connectivity index (χ1) is 14.9. The molecule has 0 spiro atoms. The normalized spacial score (nSPS) is 13.4. The molecule has 4 aromatic rings. The van der Waals surface area contributed by atoms with E-state index in [1.807, 2.05) is 0 Å². The summed E-state index contributed by atoms with van der Waals surface area (Å²) in [5.41, 5.74) is 1.96. The van der Waals surface area contributed by atoms with Gasteiger partial charge in [0.25, 0.3) is 5.56 Å². The highest BCUT2D eigenvalue weighted by Gasteiger charge is 2.23. The number of carboxylic acid groups (broad SMARTS) is 1. The number of hydrogen-bond acceptors (Lipinski definition) is 4. The Kier molecular flexibility index (Phi) is 5.57. The fourth-order valence-corrected chi connectivity index (χ4v) is 3.13. The van der Waals surface area contributed by atoms with Crippen molar-refractivity contribution >= 4 is 17.0 Å². The number of benzene rings is 2. The number of nitrogens with one attached hydrogen (secondary N) is 2. The van der Waals surface area contributed by atoms with Gasteiger partial charge in [0.1, 0.15) is 17.5 Å². The molecule has 9 heteroatoms. The summed E-state index contributed by atoms with van der Waals surface area (Å²) in [4.78, 5) is 34.7. The maximum Gasteiger partial charge on any atom is 0.306 e. The third kappa shape index (κ3) is 4.50. The van der Waals surface area contributed by atoms with Crippen LogP contribution in [0.1, 0.15) is 19.3 Å². The molecule has 0 aliphatic heterocycles. The van der Waals surface area contributed by atoms with Crippen molar-refractivity contribution in [1.29, 1.82) is 0 Å². The number of carbonyl (C=O) groups is 1. The number of H-pyrrole nitrogens is 2. The quantitative estimate of drug-likeness (QED) is 0.458. The molecule has 2 heterocycles. The van der Waals surface area contributed by atoms with Crippen LogP contribution < -0.4 is 5.56 Å². The van der Waals surface area contributed by atoms with Crippen molar-refractivity contribution in [1.82, 2.24) is 19.9 Å². The van der Waals surface area contributed by atoms with Gasteiger partial charge in [0.05, 0.1) is 34.4 Å². The van der Waals surface area contributed by atoms with E-state index >= 15 is 0 Å². The number of aliphatic carboxylic acids is 1. The van der Waals surface area contributed by atoms with E-state index in [0.717, 1.165) is 25.5 Å². The zero-order chi connectivity index (χ0) is 22.0. The summed E-state index contributed by atoms with van der Waals surface area (Å²) in [5, 5.41) is 8.23. The van der Waals surface area contributed by atoms with Crippen LogP contribution in [0.5, 0.6) is 0 Å². The molecule has 2 aromatic carbocycles. The van der Waals surface area contributed by atoms with Crippen LogP contribution in [0.25, 0.3) is 33.7 Å². The van der Waals surface area contributed by atoms with E-state index in [0.29, 0.717) is 28.1 Å². The van der Waals surface area contributed by atoms with Crippen molar-refractivity contribution < 1.29 is 18.7 Å². The van der Waals surface area contributed by atoms with Crippen LogP contribution in [0, 0.1) is 17.6 Å². The fourth-order valence-electron chi connectivity index (χ4n) is 3.13. The van der Waals surface area contributed by atoms with Gasteiger partial charge in [-0.05, 0) is 43.2 Å². The van der Waals surface area contributed by atoms with E-state index in [-0.39, 0.29) is 17.0 Å². The summed E-state index contributed by atoms with van der Waals surface area (Å²) in [6, 6.07) is 8.68. The van der Waals surface area contributed by atoms with Gasteiger partial charge in [-0.25, -0.2) is 18.7 Å². The van der Waals surface area contributed by atoms with Crippen molar-refractivity contribution in [2.75, 3.05) is 0 Å². The van der Waals surface area contributed by atoms with Crippen molar-refractivity contribution in [2.24, 2.45) is 5.92 Å². The lowest BCUT2D eigenvalue weighted by atomic mass is 9.86. The lowest BCUT2D eigenvalue weighted by Crippen LogP contribution is -2.20. The van der Waals surface area contributed by atoms with Crippen molar-refractivity contribution in [3.63, 3.8) is 0 Å². The molecule has 1 aliphatic rings. The van der Waals surface area contributed by atoms with Crippen LogP contribution in [-0.2, 0) is 4.79 Å². The van der Waals surface area contributed by atoms with E-state index in [1.165, 1.54) is 30.5 Å². The third-order valence-electron chi connectivity index (χ3n) is 5.09. The van der Waals surface area contributed by atoms with Crippen molar-refractivity contribution in [2.45, 2.75) is 19.3 Å². The maximum absolute atomic E-state index is 14.5. The van der Waals surface area contributed by atoms with Crippen LogP contribution >= 0.6 is 0 Å². The van der Waals surface area contributed by atoms with Gasteiger partial charge in [-0.1, -0.05) is 12.5 Å². The molecule has 0 unspecified atom stereocenters. The first kappa shape index (κ1) is 20.4. The first-order valence-corrected chi connectivity index (χ1v) is 9.64. The molecule has 5 rings (SSSR count). The zero-order valence-electron chi connectivity index (χ0n) is 16.2. The minimum Gasteiger partial charge on any atom is -0.481 e. The SMILES string of the molecule is O=C(O)C1CCC1.O=c1cnc(-c2ccc(-c3nc4ccc(F)cc4[nH]3)c(F)c2)c[nH]1. The van der Waals surface area contributed by atoms with E-state index in [1.54, 1.807) is 12.1 Å². The highest BCUT2D eigenvalue weighted by molar-refractivity contribution is 5.80. The van der Waals surface area contributed by atoms with E-state index in [4.69, 9.17) is 5.11 Å². The van der Waals surface area contributed by atoms with Gasteiger partial charge in [-0.3, -0.25) is 9.59 Å². The molecular weight excluding hydrogens is 406 g/mol. The number of fused-ring (bicyclic) bond motifs is 1. The predicted molar refractivity (Wildman–Crippen MR) is 110 cm³/mol. The van der Waals surface area contributed by atoms with Gasteiger partial charge in [-0.2, -0.15) is 0 Å². The second-order valence-electron chi connectivity index (χ2n) is 7.20. The second-order valence-corrected chi connectivity index (χ2v) is 7.20. The molecule has 7 nitrogen and oxygen atoms in total. The Morgan fingerprint density at radius 1 is 1.13 bits per heavy atom. The number of nitrogens with zero attached hydrogens (tertiary/aromatic N) is 2. The summed E-state index contributed by atoms with van der Waals surface area (Å²) in [6.45, 7) is 0. The monoisotopic (exact) mass is 424 g/mol. The fraction of sp³-hybridized carbons (Fsp3) is 0.182. The van der Waals surface area contributed by atoms with Crippen LogP contribution in [-0.4, -0.2) is 31.0 Å². The average Bonchev–Trinajstić information content (AvgIpc) is 3.10. The molecule has 31 heavy (non-hydrogen) atoms. The van der Waals surface area contributed by atoms with Crippen LogP contribution in [0.2, 0.25) is 0 Å². The zero-order valence-corrected chi connectivity index (χ0v) is 16.2. The average molecular weight is 424 g/mol. The largest absolute Gasteiger partial charge is 0.481 e. The Labute approximate surface area is 174 Å². The van der Waals surface area contributed by atoms with E-state index in [9.17, 15) is 18.4 Å². The van der Waals surface area contributed by atoms with Crippen LogP contribution in [0.4, 0.5) is 8.78 Å². The predicted octanol–water partition coefficient (Wildman–Crippen LogP) is 4.13. The Morgan fingerprint density at radius 2 is 1.94 bits per heavy atom. The van der Waals surface area contributed by atoms with Crippen LogP contribution in [0.15, 0.2) is 53.6 Å². The highest BCUT2D eigenvalue weighted by atomic mass is 19.1. The molecule has 0 bridgehead atoms.